The average molecular weight is 232 g/mol. The van der Waals surface area contributed by atoms with Gasteiger partial charge in [-0.25, -0.2) is 0 Å². The van der Waals surface area contributed by atoms with E-state index in [1.165, 1.54) is 18.4 Å². The standard InChI is InChI=1S/C14H20N2O/c15-14-4-2-1-3-10(14)9-16-11-5-6-12(16)8-13(17)7-11/h1-4,11-13,17H,5-9,15H2. The molecule has 2 bridgehead atoms. The number of hydrogen-bond donors (Lipinski definition) is 2. The molecular weight excluding hydrogens is 212 g/mol. The number of nitrogen functional groups attached to an aromatic ring is 1. The molecule has 3 nitrogen and oxygen atoms in total. The van der Waals surface area contributed by atoms with Gasteiger partial charge in [0.25, 0.3) is 0 Å². The Hall–Kier alpha value is -1.06. The molecule has 1 aromatic rings. The predicted octanol–water partition coefficient (Wildman–Crippen LogP) is 1.76. The van der Waals surface area contributed by atoms with Crippen LogP contribution in [0.1, 0.15) is 31.2 Å². The summed E-state index contributed by atoms with van der Waals surface area (Å²) in [4.78, 5) is 2.54. The normalized spacial score (nSPS) is 32.9. The fourth-order valence-electron chi connectivity index (χ4n) is 3.38. The lowest BCUT2D eigenvalue weighted by molar-refractivity contribution is 0.0311. The second-order valence-corrected chi connectivity index (χ2v) is 5.38. The number of piperidine rings is 1. The molecular formula is C14H20N2O. The molecule has 0 spiro atoms. The van der Waals surface area contributed by atoms with Crippen LogP contribution in [0, 0.1) is 0 Å². The van der Waals surface area contributed by atoms with Crippen LogP contribution in [-0.2, 0) is 6.54 Å². The van der Waals surface area contributed by atoms with Crippen molar-refractivity contribution in [3.8, 4) is 0 Å². The van der Waals surface area contributed by atoms with Crippen molar-refractivity contribution < 1.29 is 5.11 Å². The Bertz CT molecular complexity index is 393. The zero-order valence-electron chi connectivity index (χ0n) is 10.0. The molecule has 0 aromatic heterocycles. The lowest BCUT2D eigenvalue weighted by Gasteiger charge is -2.37. The van der Waals surface area contributed by atoms with Crippen molar-refractivity contribution >= 4 is 5.69 Å². The van der Waals surface area contributed by atoms with Crippen LogP contribution in [0.4, 0.5) is 5.69 Å². The van der Waals surface area contributed by atoms with E-state index in [2.05, 4.69) is 11.0 Å². The summed E-state index contributed by atoms with van der Waals surface area (Å²) in [5.74, 6) is 0. The molecule has 3 N–H and O–H groups in total. The molecule has 2 unspecified atom stereocenters. The average Bonchev–Trinajstić information content (AvgIpc) is 2.56. The molecule has 2 atom stereocenters. The molecule has 2 heterocycles. The van der Waals surface area contributed by atoms with Gasteiger partial charge in [0.2, 0.25) is 0 Å². The number of aliphatic hydroxyl groups excluding tert-OH is 1. The second kappa shape index (κ2) is 4.31. The number of fused-ring (bicyclic) bond motifs is 2. The number of benzene rings is 1. The Labute approximate surface area is 102 Å². The van der Waals surface area contributed by atoms with Crippen LogP contribution in [0.3, 0.4) is 0 Å². The maximum Gasteiger partial charge on any atom is 0.0570 e. The maximum absolute atomic E-state index is 9.78. The molecule has 2 saturated heterocycles. The van der Waals surface area contributed by atoms with Gasteiger partial charge in [-0.1, -0.05) is 18.2 Å². The number of anilines is 1. The fourth-order valence-corrected chi connectivity index (χ4v) is 3.38. The highest BCUT2D eigenvalue weighted by Gasteiger charge is 2.39. The summed E-state index contributed by atoms with van der Waals surface area (Å²) in [6.45, 7) is 0.939. The van der Waals surface area contributed by atoms with E-state index in [0.717, 1.165) is 25.1 Å². The Morgan fingerprint density at radius 1 is 1.18 bits per heavy atom. The lowest BCUT2D eigenvalue weighted by Crippen LogP contribution is -2.44. The highest BCUT2D eigenvalue weighted by atomic mass is 16.3. The smallest absolute Gasteiger partial charge is 0.0570 e. The van der Waals surface area contributed by atoms with Gasteiger partial charge in [0, 0.05) is 24.3 Å². The Kier molecular flexibility index (Phi) is 2.81. The molecule has 2 aliphatic rings. The highest BCUT2D eigenvalue weighted by molar-refractivity contribution is 5.46. The van der Waals surface area contributed by atoms with E-state index in [0.29, 0.717) is 12.1 Å². The van der Waals surface area contributed by atoms with Crippen molar-refractivity contribution in [2.75, 3.05) is 5.73 Å². The van der Waals surface area contributed by atoms with Crippen LogP contribution < -0.4 is 5.73 Å². The number of nitrogens with two attached hydrogens (primary N) is 1. The van der Waals surface area contributed by atoms with Gasteiger partial charge in [-0.15, -0.1) is 0 Å². The van der Waals surface area contributed by atoms with Crippen LogP contribution in [-0.4, -0.2) is 28.2 Å². The van der Waals surface area contributed by atoms with E-state index >= 15 is 0 Å². The van der Waals surface area contributed by atoms with Gasteiger partial charge < -0.3 is 10.8 Å². The van der Waals surface area contributed by atoms with E-state index in [4.69, 9.17) is 5.73 Å². The van der Waals surface area contributed by atoms with Gasteiger partial charge >= 0.3 is 0 Å². The van der Waals surface area contributed by atoms with Crippen molar-refractivity contribution in [3.63, 3.8) is 0 Å². The summed E-state index contributed by atoms with van der Waals surface area (Å²) in [6.07, 6.45) is 4.24. The van der Waals surface area contributed by atoms with Gasteiger partial charge in [-0.3, -0.25) is 4.90 Å². The number of hydrogen-bond acceptors (Lipinski definition) is 3. The Morgan fingerprint density at radius 3 is 2.47 bits per heavy atom. The van der Waals surface area contributed by atoms with E-state index < -0.39 is 0 Å². The molecule has 3 heteroatoms. The van der Waals surface area contributed by atoms with Crippen molar-refractivity contribution in [3.05, 3.63) is 29.8 Å². The second-order valence-electron chi connectivity index (χ2n) is 5.38. The van der Waals surface area contributed by atoms with Gasteiger partial charge in [0.1, 0.15) is 0 Å². The minimum atomic E-state index is -0.0862. The SMILES string of the molecule is Nc1ccccc1CN1C2CCC1CC(O)C2. The van der Waals surface area contributed by atoms with Crippen molar-refractivity contribution in [2.24, 2.45) is 0 Å². The first-order chi connectivity index (χ1) is 8.24. The molecule has 2 fully saturated rings. The quantitative estimate of drug-likeness (QED) is 0.764. The minimum absolute atomic E-state index is 0.0862. The van der Waals surface area contributed by atoms with Gasteiger partial charge in [-0.05, 0) is 37.3 Å². The van der Waals surface area contributed by atoms with Gasteiger partial charge in [0.05, 0.1) is 6.10 Å². The van der Waals surface area contributed by atoms with Crippen LogP contribution in [0.2, 0.25) is 0 Å². The molecule has 92 valence electrons. The molecule has 0 radical (unpaired) electrons. The summed E-state index contributed by atoms with van der Waals surface area (Å²) < 4.78 is 0. The van der Waals surface area contributed by atoms with Crippen LogP contribution in [0.15, 0.2) is 24.3 Å². The lowest BCUT2D eigenvalue weighted by atomic mass is 9.99. The van der Waals surface area contributed by atoms with Gasteiger partial charge in [-0.2, -0.15) is 0 Å². The van der Waals surface area contributed by atoms with Crippen LogP contribution in [0.25, 0.3) is 0 Å². The zero-order valence-corrected chi connectivity index (χ0v) is 10.0. The number of nitrogens with zero attached hydrogens (tertiary/aromatic N) is 1. The van der Waals surface area contributed by atoms with Crippen molar-refractivity contribution in [2.45, 2.75) is 50.4 Å². The minimum Gasteiger partial charge on any atom is -0.398 e. The molecule has 17 heavy (non-hydrogen) atoms. The molecule has 2 aliphatic heterocycles. The summed E-state index contributed by atoms with van der Waals surface area (Å²) in [7, 11) is 0. The summed E-state index contributed by atoms with van der Waals surface area (Å²) in [5, 5.41) is 9.78. The first kappa shape index (κ1) is 11.1. The summed E-state index contributed by atoms with van der Waals surface area (Å²) in [5.41, 5.74) is 8.11. The largest absolute Gasteiger partial charge is 0.398 e. The molecule has 3 rings (SSSR count). The van der Waals surface area contributed by atoms with E-state index in [9.17, 15) is 5.11 Å². The maximum atomic E-state index is 9.78. The topological polar surface area (TPSA) is 49.5 Å². The third-order valence-corrected chi connectivity index (χ3v) is 4.27. The zero-order chi connectivity index (χ0) is 11.8. The number of para-hydroxylation sites is 1. The third-order valence-electron chi connectivity index (χ3n) is 4.27. The highest BCUT2D eigenvalue weighted by Crippen LogP contribution is 2.37. The van der Waals surface area contributed by atoms with E-state index in [1.807, 2.05) is 18.2 Å². The number of rotatable bonds is 2. The molecule has 0 amide bonds. The summed E-state index contributed by atoms with van der Waals surface area (Å²) in [6, 6.07) is 9.22. The first-order valence-corrected chi connectivity index (χ1v) is 6.51. The fraction of sp³-hybridized carbons (Fsp3) is 0.571. The number of aliphatic hydroxyl groups is 1. The predicted molar refractivity (Wildman–Crippen MR) is 68.4 cm³/mol. The van der Waals surface area contributed by atoms with Crippen molar-refractivity contribution in [1.29, 1.82) is 0 Å². The molecule has 0 saturated carbocycles. The van der Waals surface area contributed by atoms with E-state index in [1.54, 1.807) is 0 Å². The third kappa shape index (κ3) is 2.05. The van der Waals surface area contributed by atoms with Crippen LogP contribution in [0.5, 0.6) is 0 Å². The van der Waals surface area contributed by atoms with Crippen molar-refractivity contribution in [1.82, 2.24) is 4.90 Å². The van der Waals surface area contributed by atoms with Gasteiger partial charge in [0.15, 0.2) is 0 Å². The molecule has 1 aromatic carbocycles. The Balaban J connectivity index is 1.76. The first-order valence-electron chi connectivity index (χ1n) is 6.51. The molecule has 0 aliphatic carbocycles. The summed E-state index contributed by atoms with van der Waals surface area (Å²) >= 11 is 0. The monoisotopic (exact) mass is 232 g/mol. The Morgan fingerprint density at radius 2 is 1.82 bits per heavy atom. The van der Waals surface area contributed by atoms with Crippen LogP contribution >= 0.6 is 0 Å². The van der Waals surface area contributed by atoms with E-state index in [-0.39, 0.29) is 6.10 Å².